The van der Waals surface area contributed by atoms with E-state index in [9.17, 15) is 18.0 Å². The van der Waals surface area contributed by atoms with Crippen LogP contribution in [-0.4, -0.2) is 40.1 Å². The average molecular weight is 477 g/mol. The van der Waals surface area contributed by atoms with E-state index >= 15 is 0 Å². The van der Waals surface area contributed by atoms with Crippen LogP contribution >= 0.6 is 11.3 Å². The van der Waals surface area contributed by atoms with Gasteiger partial charge in [0.2, 0.25) is 10.0 Å². The summed E-state index contributed by atoms with van der Waals surface area (Å²) in [4.78, 5) is 25.1. The summed E-state index contributed by atoms with van der Waals surface area (Å²) in [7, 11) is -2.50. The van der Waals surface area contributed by atoms with Gasteiger partial charge in [0.25, 0.3) is 5.91 Å². The van der Waals surface area contributed by atoms with E-state index in [1.165, 1.54) is 36.6 Å². The van der Waals surface area contributed by atoms with E-state index in [2.05, 4.69) is 10.0 Å². The number of hydrogen-bond acceptors (Lipinski definition) is 7. The van der Waals surface area contributed by atoms with E-state index in [1.54, 1.807) is 45.0 Å². The van der Waals surface area contributed by atoms with Crippen molar-refractivity contribution in [2.24, 2.45) is 0 Å². The zero-order chi connectivity index (χ0) is 23.5. The predicted octanol–water partition coefficient (Wildman–Crippen LogP) is 4.03. The number of carbonyl (C=O) groups is 2. The van der Waals surface area contributed by atoms with Crippen LogP contribution in [0.4, 0.5) is 5.69 Å². The number of fused-ring (bicyclic) bond motifs is 1. The van der Waals surface area contributed by atoms with Crippen LogP contribution in [-0.2, 0) is 14.8 Å². The Hall–Kier alpha value is -2.95. The van der Waals surface area contributed by atoms with Crippen LogP contribution < -0.4 is 14.8 Å². The molecule has 2 N–H and O–H groups in total. The highest BCUT2D eigenvalue weighted by molar-refractivity contribution is 7.89. The molecule has 3 rings (SSSR count). The molecule has 0 aliphatic heterocycles. The van der Waals surface area contributed by atoms with Crippen LogP contribution in [0.1, 0.15) is 40.8 Å². The summed E-state index contributed by atoms with van der Waals surface area (Å²) >= 11 is 1.31. The molecular weight excluding hydrogens is 452 g/mol. The quantitative estimate of drug-likeness (QED) is 0.475. The van der Waals surface area contributed by atoms with Crippen molar-refractivity contribution in [2.75, 3.05) is 19.0 Å². The number of carbonyl (C=O) groups excluding carboxylic acids is 2. The first-order chi connectivity index (χ1) is 15.1. The van der Waals surface area contributed by atoms with Crippen molar-refractivity contribution in [3.8, 4) is 5.75 Å². The molecule has 0 saturated heterocycles. The molecule has 0 aliphatic carbocycles. The molecule has 0 aliphatic rings. The SMILES string of the molecule is CCOC(=O)c1cc2cc(NC(=O)c3ccc(OC)c(S(=O)(=O)NC(C)C)c3)ccc2s1. The van der Waals surface area contributed by atoms with Gasteiger partial charge in [-0.2, -0.15) is 0 Å². The van der Waals surface area contributed by atoms with Gasteiger partial charge < -0.3 is 14.8 Å². The number of rotatable bonds is 8. The van der Waals surface area contributed by atoms with Crippen molar-refractivity contribution >= 4 is 49.0 Å². The van der Waals surface area contributed by atoms with Crippen LogP contribution in [0.2, 0.25) is 0 Å². The molecule has 0 atom stereocenters. The average Bonchev–Trinajstić information content (AvgIpc) is 3.16. The second kappa shape index (κ2) is 9.68. The fourth-order valence-corrected chi connectivity index (χ4v) is 5.41. The smallest absolute Gasteiger partial charge is 0.348 e. The summed E-state index contributed by atoms with van der Waals surface area (Å²) in [6, 6.07) is 10.9. The highest BCUT2D eigenvalue weighted by atomic mass is 32.2. The number of nitrogens with one attached hydrogen (secondary N) is 2. The molecule has 0 unspecified atom stereocenters. The van der Waals surface area contributed by atoms with Gasteiger partial charge in [-0.1, -0.05) is 0 Å². The first-order valence-corrected chi connectivity index (χ1v) is 12.2. The summed E-state index contributed by atoms with van der Waals surface area (Å²) in [6.45, 7) is 5.44. The first kappa shape index (κ1) is 23.7. The van der Waals surface area contributed by atoms with Crippen molar-refractivity contribution in [1.29, 1.82) is 0 Å². The van der Waals surface area contributed by atoms with Crippen molar-refractivity contribution in [3.05, 3.63) is 52.9 Å². The number of sulfonamides is 1. The van der Waals surface area contributed by atoms with E-state index < -0.39 is 15.9 Å². The molecule has 1 aromatic heterocycles. The molecule has 10 heteroatoms. The number of benzene rings is 2. The fraction of sp³-hybridized carbons (Fsp3) is 0.273. The molecule has 0 fully saturated rings. The number of anilines is 1. The second-order valence-electron chi connectivity index (χ2n) is 7.18. The molecule has 3 aromatic rings. The van der Waals surface area contributed by atoms with Crippen LogP contribution in [0.25, 0.3) is 10.1 Å². The molecule has 1 heterocycles. The van der Waals surface area contributed by atoms with Gasteiger partial charge in [-0.25, -0.2) is 17.9 Å². The van der Waals surface area contributed by atoms with Gasteiger partial charge in [0.15, 0.2) is 0 Å². The summed E-state index contributed by atoms with van der Waals surface area (Å²) < 4.78 is 38.9. The minimum atomic E-state index is -3.87. The van der Waals surface area contributed by atoms with Gasteiger partial charge in [0.05, 0.1) is 13.7 Å². The molecule has 8 nitrogen and oxygen atoms in total. The van der Waals surface area contributed by atoms with Crippen molar-refractivity contribution in [2.45, 2.75) is 31.7 Å². The fourth-order valence-electron chi connectivity index (χ4n) is 3.03. The van der Waals surface area contributed by atoms with Crippen LogP contribution in [0.15, 0.2) is 47.4 Å². The third kappa shape index (κ3) is 5.26. The molecule has 0 saturated carbocycles. The predicted molar refractivity (Wildman–Crippen MR) is 124 cm³/mol. The third-order valence-corrected chi connectivity index (χ3v) is 7.13. The summed E-state index contributed by atoms with van der Waals surface area (Å²) in [5, 5.41) is 3.55. The maximum Gasteiger partial charge on any atom is 0.348 e. The van der Waals surface area contributed by atoms with Crippen molar-refractivity contribution in [1.82, 2.24) is 4.72 Å². The maximum absolute atomic E-state index is 12.8. The van der Waals surface area contributed by atoms with E-state index in [4.69, 9.17) is 9.47 Å². The Morgan fingerprint density at radius 2 is 1.84 bits per heavy atom. The maximum atomic E-state index is 12.8. The molecule has 1 amide bonds. The molecule has 170 valence electrons. The molecule has 0 bridgehead atoms. The Morgan fingerprint density at radius 3 is 2.50 bits per heavy atom. The molecule has 2 aromatic carbocycles. The van der Waals surface area contributed by atoms with Gasteiger partial charge >= 0.3 is 5.97 Å². The standard InChI is InChI=1S/C22H24N2O6S2/c1-5-30-22(26)19-11-15-10-16(7-9-18(15)31-19)23-21(25)14-6-8-17(29-4)20(12-14)32(27,28)24-13(2)3/h6-13,24H,5H2,1-4H3,(H,23,25). The number of hydrogen-bond donors (Lipinski definition) is 2. The van der Waals surface area contributed by atoms with Crippen LogP contribution in [0, 0.1) is 0 Å². The minimum Gasteiger partial charge on any atom is -0.495 e. The van der Waals surface area contributed by atoms with Gasteiger partial charge in [0.1, 0.15) is 15.5 Å². The number of amides is 1. The molecule has 0 radical (unpaired) electrons. The zero-order valence-electron chi connectivity index (χ0n) is 18.1. The van der Waals surface area contributed by atoms with Crippen molar-refractivity contribution < 1.29 is 27.5 Å². The minimum absolute atomic E-state index is 0.117. The van der Waals surface area contributed by atoms with Gasteiger partial charge in [-0.3, -0.25) is 4.79 Å². The summed E-state index contributed by atoms with van der Waals surface area (Å²) in [5.41, 5.74) is 0.670. The lowest BCUT2D eigenvalue weighted by Gasteiger charge is -2.14. The lowest BCUT2D eigenvalue weighted by molar-refractivity contribution is 0.0532. The molecule has 32 heavy (non-hydrogen) atoms. The Morgan fingerprint density at radius 1 is 1.09 bits per heavy atom. The number of esters is 1. The second-order valence-corrected chi connectivity index (χ2v) is 9.95. The first-order valence-electron chi connectivity index (χ1n) is 9.87. The van der Waals surface area contributed by atoms with E-state index in [1.807, 2.05) is 0 Å². The zero-order valence-corrected chi connectivity index (χ0v) is 19.7. The number of thiophene rings is 1. The lowest BCUT2D eigenvalue weighted by Crippen LogP contribution is -2.30. The summed E-state index contributed by atoms with van der Waals surface area (Å²) in [5.74, 6) is -0.726. The Kier molecular flexibility index (Phi) is 7.17. The van der Waals surface area contributed by atoms with Crippen molar-refractivity contribution in [3.63, 3.8) is 0 Å². The number of ether oxygens (including phenoxy) is 2. The Labute approximate surface area is 190 Å². The van der Waals surface area contributed by atoms with Gasteiger partial charge in [0, 0.05) is 22.0 Å². The third-order valence-electron chi connectivity index (χ3n) is 4.36. The van der Waals surface area contributed by atoms with Crippen LogP contribution in [0.3, 0.4) is 0 Å². The highest BCUT2D eigenvalue weighted by Gasteiger charge is 2.22. The Bertz CT molecular complexity index is 1260. The number of methoxy groups -OCH3 is 1. The van der Waals surface area contributed by atoms with Gasteiger partial charge in [-0.05, 0) is 68.6 Å². The van der Waals surface area contributed by atoms with E-state index in [0.29, 0.717) is 17.2 Å². The van der Waals surface area contributed by atoms with Crippen LogP contribution in [0.5, 0.6) is 5.75 Å². The monoisotopic (exact) mass is 476 g/mol. The molecular formula is C22H24N2O6S2. The lowest BCUT2D eigenvalue weighted by atomic mass is 10.2. The highest BCUT2D eigenvalue weighted by Crippen LogP contribution is 2.29. The Balaban J connectivity index is 1.87. The molecule has 0 spiro atoms. The summed E-state index contributed by atoms with van der Waals surface area (Å²) in [6.07, 6.45) is 0. The normalized spacial score (nSPS) is 11.5. The topological polar surface area (TPSA) is 111 Å². The van der Waals surface area contributed by atoms with E-state index in [0.717, 1.165) is 10.1 Å². The largest absolute Gasteiger partial charge is 0.495 e. The van der Waals surface area contributed by atoms with Gasteiger partial charge in [-0.15, -0.1) is 11.3 Å². The van der Waals surface area contributed by atoms with E-state index in [-0.39, 0.29) is 28.2 Å².